The zero-order valence-electron chi connectivity index (χ0n) is 16.0. The monoisotopic (exact) mass is 385 g/mol. The number of hydrogen-bond donors (Lipinski definition) is 1. The van der Waals surface area contributed by atoms with E-state index in [2.05, 4.69) is 34.6 Å². The predicted molar refractivity (Wildman–Crippen MR) is 114 cm³/mol. The largest absolute Gasteiger partial charge is 0.339 e. The van der Waals surface area contributed by atoms with Crippen molar-refractivity contribution in [2.24, 2.45) is 0 Å². The lowest BCUT2D eigenvalue weighted by Crippen LogP contribution is -2.27. The van der Waals surface area contributed by atoms with Gasteiger partial charge in [-0.1, -0.05) is 42.5 Å². The Kier molecular flexibility index (Phi) is 5.20. The van der Waals surface area contributed by atoms with Crippen LogP contribution in [0.2, 0.25) is 0 Å². The maximum absolute atomic E-state index is 13.5. The van der Waals surface area contributed by atoms with E-state index in [4.69, 9.17) is 0 Å². The van der Waals surface area contributed by atoms with E-state index in [1.54, 1.807) is 42.4 Å². The molecule has 0 radical (unpaired) electrons. The first-order chi connectivity index (χ1) is 14.1. The van der Waals surface area contributed by atoms with Crippen LogP contribution in [0, 0.1) is 5.82 Å². The average molecular weight is 385 g/mol. The Hall–Kier alpha value is -3.73. The molecule has 4 rings (SSSR count). The number of aromatic nitrogens is 1. The zero-order chi connectivity index (χ0) is 20.2. The highest BCUT2D eigenvalue weighted by atomic mass is 19.1. The Labute approximate surface area is 168 Å². The van der Waals surface area contributed by atoms with Crippen molar-refractivity contribution in [2.75, 3.05) is 12.4 Å². The first kappa shape index (κ1) is 18.6. The molecule has 0 aliphatic heterocycles. The number of rotatable bonds is 5. The van der Waals surface area contributed by atoms with Crippen molar-refractivity contribution in [2.45, 2.75) is 6.54 Å². The summed E-state index contributed by atoms with van der Waals surface area (Å²) in [6.07, 6.45) is 1.60. The van der Waals surface area contributed by atoms with Crippen molar-refractivity contribution >= 4 is 28.2 Å². The van der Waals surface area contributed by atoms with Gasteiger partial charge in [0.1, 0.15) is 11.6 Å². The third-order valence-corrected chi connectivity index (χ3v) is 4.71. The first-order valence-electron chi connectivity index (χ1n) is 9.31. The van der Waals surface area contributed by atoms with Crippen molar-refractivity contribution in [3.05, 3.63) is 102 Å². The van der Waals surface area contributed by atoms with Crippen LogP contribution in [0.4, 0.5) is 15.9 Å². The van der Waals surface area contributed by atoms with E-state index in [-0.39, 0.29) is 11.7 Å². The minimum atomic E-state index is -0.354. The van der Waals surface area contributed by atoms with Crippen molar-refractivity contribution in [3.8, 4) is 0 Å². The summed E-state index contributed by atoms with van der Waals surface area (Å²) in [5.74, 6) is -0.120. The van der Waals surface area contributed by atoms with Gasteiger partial charge in [0.2, 0.25) is 0 Å². The van der Waals surface area contributed by atoms with Crippen LogP contribution in [0.25, 0.3) is 10.8 Å². The van der Waals surface area contributed by atoms with Crippen LogP contribution in [0.3, 0.4) is 0 Å². The summed E-state index contributed by atoms with van der Waals surface area (Å²) in [5, 5.41) is 5.34. The SMILES string of the molecule is CN(Cc1ccc2ccccc2c1)C(=O)c1cccnc1Nc1cccc(F)c1. The number of carbonyl (C=O) groups is 1. The van der Waals surface area contributed by atoms with Crippen molar-refractivity contribution < 1.29 is 9.18 Å². The third kappa shape index (κ3) is 4.24. The lowest BCUT2D eigenvalue weighted by Gasteiger charge is -2.19. The molecule has 1 amide bonds. The summed E-state index contributed by atoms with van der Waals surface area (Å²) in [6, 6.07) is 23.8. The first-order valence-corrected chi connectivity index (χ1v) is 9.31. The molecule has 4 aromatic rings. The molecule has 5 heteroatoms. The van der Waals surface area contributed by atoms with E-state index in [1.165, 1.54) is 17.5 Å². The van der Waals surface area contributed by atoms with E-state index in [0.29, 0.717) is 23.6 Å². The summed E-state index contributed by atoms with van der Waals surface area (Å²) in [4.78, 5) is 19.0. The second-order valence-corrected chi connectivity index (χ2v) is 6.88. The second-order valence-electron chi connectivity index (χ2n) is 6.88. The number of nitrogens with one attached hydrogen (secondary N) is 1. The van der Waals surface area contributed by atoms with Crippen molar-refractivity contribution in [3.63, 3.8) is 0 Å². The van der Waals surface area contributed by atoms with Crippen LogP contribution in [-0.4, -0.2) is 22.8 Å². The van der Waals surface area contributed by atoms with Gasteiger partial charge < -0.3 is 10.2 Å². The summed E-state index contributed by atoms with van der Waals surface area (Å²) in [6.45, 7) is 0.470. The predicted octanol–water partition coefficient (Wildman–Crippen LogP) is 5.39. The van der Waals surface area contributed by atoms with Gasteiger partial charge in [-0.2, -0.15) is 0 Å². The molecule has 0 atom stereocenters. The number of pyridine rings is 1. The Morgan fingerprint density at radius 2 is 1.79 bits per heavy atom. The quantitative estimate of drug-likeness (QED) is 0.501. The van der Waals surface area contributed by atoms with Gasteiger partial charge in [-0.15, -0.1) is 0 Å². The van der Waals surface area contributed by atoms with Gasteiger partial charge in [0.05, 0.1) is 5.56 Å². The molecule has 1 heterocycles. The van der Waals surface area contributed by atoms with Gasteiger partial charge in [0.25, 0.3) is 5.91 Å². The van der Waals surface area contributed by atoms with Gasteiger partial charge >= 0.3 is 0 Å². The summed E-state index contributed by atoms with van der Waals surface area (Å²) in [5.41, 5.74) is 2.01. The summed E-state index contributed by atoms with van der Waals surface area (Å²) < 4.78 is 13.5. The third-order valence-electron chi connectivity index (χ3n) is 4.71. The zero-order valence-corrected chi connectivity index (χ0v) is 16.0. The van der Waals surface area contributed by atoms with Crippen LogP contribution in [-0.2, 0) is 6.54 Å². The standard InChI is InChI=1S/C24H20FN3O/c1-28(16-17-11-12-18-6-2-3-7-19(18)14-17)24(29)22-10-5-13-26-23(22)27-21-9-4-8-20(25)15-21/h2-15H,16H2,1H3,(H,26,27). The number of nitrogens with zero attached hydrogens (tertiary/aromatic N) is 2. The van der Waals surface area contributed by atoms with Gasteiger partial charge in [-0.3, -0.25) is 4.79 Å². The number of fused-ring (bicyclic) bond motifs is 1. The highest BCUT2D eigenvalue weighted by Crippen LogP contribution is 2.22. The fraction of sp³-hybridized carbons (Fsp3) is 0.0833. The molecule has 0 bridgehead atoms. The van der Waals surface area contributed by atoms with E-state index in [1.807, 2.05) is 18.2 Å². The van der Waals surface area contributed by atoms with Gasteiger partial charge in [0.15, 0.2) is 0 Å². The fourth-order valence-electron chi connectivity index (χ4n) is 3.27. The number of halogens is 1. The normalized spacial score (nSPS) is 10.7. The maximum Gasteiger partial charge on any atom is 0.257 e. The Morgan fingerprint density at radius 1 is 0.966 bits per heavy atom. The highest BCUT2D eigenvalue weighted by molar-refractivity contribution is 5.99. The number of carbonyl (C=O) groups excluding carboxylic acids is 1. The van der Waals surface area contributed by atoms with E-state index in [9.17, 15) is 9.18 Å². The molecule has 4 nitrogen and oxygen atoms in total. The van der Waals surface area contributed by atoms with Crippen LogP contribution < -0.4 is 5.32 Å². The van der Waals surface area contributed by atoms with Crippen LogP contribution in [0.15, 0.2) is 85.1 Å². The molecule has 144 valence electrons. The van der Waals surface area contributed by atoms with Crippen LogP contribution in [0.1, 0.15) is 15.9 Å². The number of benzene rings is 3. The molecule has 0 saturated carbocycles. The molecule has 0 unspecified atom stereocenters. The van der Waals surface area contributed by atoms with Gasteiger partial charge in [-0.05, 0) is 52.7 Å². The topological polar surface area (TPSA) is 45.2 Å². The molecule has 0 saturated heterocycles. The molecular weight excluding hydrogens is 365 g/mol. The number of amides is 1. The number of hydrogen-bond acceptors (Lipinski definition) is 3. The molecule has 3 aromatic carbocycles. The van der Waals surface area contributed by atoms with Crippen LogP contribution >= 0.6 is 0 Å². The minimum Gasteiger partial charge on any atom is -0.339 e. The highest BCUT2D eigenvalue weighted by Gasteiger charge is 2.17. The molecule has 29 heavy (non-hydrogen) atoms. The Bertz CT molecular complexity index is 1180. The number of anilines is 2. The van der Waals surface area contributed by atoms with Crippen molar-refractivity contribution in [1.82, 2.24) is 9.88 Å². The molecule has 1 aromatic heterocycles. The lowest BCUT2D eigenvalue weighted by molar-refractivity contribution is 0.0786. The Morgan fingerprint density at radius 3 is 2.62 bits per heavy atom. The molecule has 0 fully saturated rings. The van der Waals surface area contributed by atoms with E-state index >= 15 is 0 Å². The molecular formula is C24H20FN3O. The van der Waals surface area contributed by atoms with Crippen LogP contribution in [0.5, 0.6) is 0 Å². The van der Waals surface area contributed by atoms with Gasteiger partial charge in [0, 0.05) is 25.5 Å². The summed E-state index contributed by atoms with van der Waals surface area (Å²) in [7, 11) is 1.76. The molecule has 0 aliphatic carbocycles. The van der Waals surface area contributed by atoms with Gasteiger partial charge in [-0.25, -0.2) is 9.37 Å². The fourth-order valence-corrected chi connectivity index (χ4v) is 3.27. The maximum atomic E-state index is 13.5. The van der Waals surface area contributed by atoms with E-state index in [0.717, 1.165) is 10.9 Å². The summed E-state index contributed by atoms with van der Waals surface area (Å²) >= 11 is 0. The minimum absolute atomic E-state index is 0.162. The second kappa shape index (κ2) is 8.10. The molecule has 0 aliphatic rings. The molecule has 0 spiro atoms. The molecule has 1 N–H and O–H groups in total. The van der Waals surface area contributed by atoms with Crippen molar-refractivity contribution in [1.29, 1.82) is 0 Å². The Balaban J connectivity index is 1.55. The smallest absolute Gasteiger partial charge is 0.257 e. The lowest BCUT2D eigenvalue weighted by atomic mass is 10.1. The van der Waals surface area contributed by atoms with E-state index < -0.39 is 0 Å². The average Bonchev–Trinajstić information content (AvgIpc) is 2.73.